The zero-order valence-electron chi connectivity index (χ0n) is 19.7. The second-order valence-corrected chi connectivity index (χ2v) is 10.3. The second-order valence-electron chi connectivity index (χ2n) is 9.28. The molecule has 1 saturated heterocycles. The number of nitrogens with one attached hydrogen (secondary N) is 1. The topological polar surface area (TPSA) is 89.5 Å². The first-order chi connectivity index (χ1) is 16.5. The van der Waals surface area contributed by atoms with Crippen LogP contribution in [0.25, 0.3) is 10.9 Å². The maximum absolute atomic E-state index is 11.2. The number of anilines is 2. The van der Waals surface area contributed by atoms with Gasteiger partial charge in [-0.25, -0.2) is 15.0 Å². The van der Waals surface area contributed by atoms with Crippen LogP contribution in [0.1, 0.15) is 56.4 Å². The minimum Gasteiger partial charge on any atom is -0.488 e. The number of carbonyl (C=O) groups is 1. The van der Waals surface area contributed by atoms with Gasteiger partial charge in [-0.2, -0.15) is 0 Å². The third-order valence-electron chi connectivity index (χ3n) is 6.65. The van der Waals surface area contributed by atoms with Crippen molar-refractivity contribution in [3.05, 3.63) is 35.6 Å². The summed E-state index contributed by atoms with van der Waals surface area (Å²) in [4.78, 5) is 27.5. The van der Waals surface area contributed by atoms with Crippen molar-refractivity contribution in [2.45, 2.75) is 63.6 Å². The van der Waals surface area contributed by atoms with Crippen molar-refractivity contribution >= 4 is 39.2 Å². The summed E-state index contributed by atoms with van der Waals surface area (Å²) in [7, 11) is 2.17. The van der Waals surface area contributed by atoms with Crippen molar-refractivity contribution in [2.24, 2.45) is 0 Å². The molecule has 1 N–H and O–H groups in total. The van der Waals surface area contributed by atoms with E-state index in [0.717, 1.165) is 73.3 Å². The molecule has 0 radical (unpaired) electrons. The van der Waals surface area contributed by atoms with Crippen LogP contribution in [0, 0.1) is 0 Å². The number of aromatic nitrogens is 3. The van der Waals surface area contributed by atoms with Gasteiger partial charge in [-0.05, 0) is 64.7 Å². The third-order valence-corrected chi connectivity index (χ3v) is 7.72. The Morgan fingerprint density at radius 2 is 1.82 bits per heavy atom. The molecule has 0 unspecified atom stereocenters. The van der Waals surface area contributed by atoms with E-state index in [0.29, 0.717) is 11.9 Å². The average molecular weight is 482 g/mol. The van der Waals surface area contributed by atoms with Crippen molar-refractivity contribution in [1.82, 2.24) is 19.9 Å². The van der Waals surface area contributed by atoms with Crippen molar-refractivity contribution in [3.8, 4) is 5.75 Å². The molecule has 180 valence electrons. The number of benzene rings is 1. The highest BCUT2D eigenvalue weighted by Gasteiger charge is 2.25. The highest BCUT2D eigenvalue weighted by molar-refractivity contribution is 7.15. The van der Waals surface area contributed by atoms with Crippen LogP contribution in [0.5, 0.6) is 5.75 Å². The number of piperidine rings is 1. The molecule has 1 aliphatic carbocycles. The smallest absolute Gasteiger partial charge is 0.302 e. The first kappa shape index (κ1) is 23.0. The van der Waals surface area contributed by atoms with E-state index in [9.17, 15) is 4.79 Å². The molecule has 1 aromatic carbocycles. The molecule has 0 bridgehead atoms. The van der Waals surface area contributed by atoms with Crippen LogP contribution >= 0.6 is 11.3 Å². The summed E-state index contributed by atoms with van der Waals surface area (Å²) >= 11 is 1.69. The van der Waals surface area contributed by atoms with E-state index in [2.05, 4.69) is 27.2 Å². The van der Waals surface area contributed by atoms with Gasteiger partial charge in [0.15, 0.2) is 0 Å². The number of rotatable bonds is 6. The number of hydrogen-bond acceptors (Lipinski definition) is 9. The van der Waals surface area contributed by atoms with E-state index in [1.165, 1.54) is 11.9 Å². The molecule has 0 atom stereocenters. The van der Waals surface area contributed by atoms with Crippen molar-refractivity contribution < 1.29 is 14.3 Å². The molecule has 34 heavy (non-hydrogen) atoms. The summed E-state index contributed by atoms with van der Waals surface area (Å²) in [6, 6.07) is 5.92. The van der Waals surface area contributed by atoms with Gasteiger partial charge in [0.05, 0.1) is 17.3 Å². The maximum Gasteiger partial charge on any atom is 0.302 e. The summed E-state index contributed by atoms with van der Waals surface area (Å²) in [6.07, 6.45) is 9.45. The Bertz CT molecular complexity index is 1140. The van der Waals surface area contributed by atoms with E-state index < -0.39 is 0 Å². The fourth-order valence-electron chi connectivity index (χ4n) is 4.77. The van der Waals surface area contributed by atoms with Crippen LogP contribution in [0.3, 0.4) is 0 Å². The highest BCUT2D eigenvalue weighted by atomic mass is 32.1. The minimum absolute atomic E-state index is 0.00168. The molecule has 3 aromatic rings. The molecular formula is C25H31N5O3S. The number of nitrogens with zero attached hydrogens (tertiary/aromatic N) is 4. The number of likely N-dealkylation sites (tertiary alicyclic amines) is 1. The van der Waals surface area contributed by atoms with E-state index in [4.69, 9.17) is 14.5 Å². The maximum atomic E-state index is 11.2. The third kappa shape index (κ3) is 5.47. The fraction of sp³-hybridized carbons (Fsp3) is 0.520. The van der Waals surface area contributed by atoms with Gasteiger partial charge in [-0.15, -0.1) is 11.3 Å². The van der Waals surface area contributed by atoms with Crippen LogP contribution in [0.2, 0.25) is 0 Å². The number of ether oxygens (including phenoxy) is 2. The van der Waals surface area contributed by atoms with E-state index >= 15 is 0 Å². The number of thiazole rings is 1. The lowest BCUT2D eigenvalue weighted by Crippen LogP contribution is -2.29. The normalized spacial score (nSPS) is 21.9. The Labute approximate surface area is 203 Å². The Kier molecular flexibility index (Phi) is 6.92. The molecule has 2 aliphatic rings. The van der Waals surface area contributed by atoms with Crippen LogP contribution < -0.4 is 10.1 Å². The molecule has 8 nitrogen and oxygen atoms in total. The molecular weight excluding hydrogens is 450 g/mol. The Hall–Kier alpha value is -2.78. The van der Waals surface area contributed by atoms with Crippen LogP contribution in [-0.2, 0) is 9.53 Å². The summed E-state index contributed by atoms with van der Waals surface area (Å²) in [5, 5.41) is 6.42. The fourth-order valence-corrected chi connectivity index (χ4v) is 5.75. The van der Waals surface area contributed by atoms with Gasteiger partial charge < -0.3 is 19.7 Å². The number of hydrogen-bond donors (Lipinski definition) is 1. The Morgan fingerprint density at radius 1 is 1.06 bits per heavy atom. The van der Waals surface area contributed by atoms with Crippen LogP contribution in [0.4, 0.5) is 10.9 Å². The largest absolute Gasteiger partial charge is 0.488 e. The molecule has 3 heterocycles. The van der Waals surface area contributed by atoms with Crippen molar-refractivity contribution in [2.75, 3.05) is 25.5 Å². The quantitative estimate of drug-likeness (QED) is 0.498. The number of fused-ring (bicyclic) bond motifs is 1. The van der Waals surface area contributed by atoms with Crippen LogP contribution in [0.15, 0.2) is 30.6 Å². The summed E-state index contributed by atoms with van der Waals surface area (Å²) in [5.41, 5.74) is 0.794. The predicted molar refractivity (Wildman–Crippen MR) is 133 cm³/mol. The molecule has 2 aromatic heterocycles. The van der Waals surface area contributed by atoms with Gasteiger partial charge in [0, 0.05) is 24.4 Å². The van der Waals surface area contributed by atoms with Gasteiger partial charge in [0.25, 0.3) is 0 Å². The second kappa shape index (κ2) is 10.2. The first-order valence-corrected chi connectivity index (χ1v) is 12.9. The Balaban J connectivity index is 1.26. The molecule has 2 fully saturated rings. The average Bonchev–Trinajstić information content (AvgIpc) is 3.29. The van der Waals surface area contributed by atoms with E-state index in [-0.39, 0.29) is 18.2 Å². The standard InChI is InChI=1S/C25H31N5O3S/c1-16(31)32-19-6-8-20(9-7-19)33-21-5-3-4-18-14-27-25(29-23(18)21)28-22-15-26-24(34-22)17-10-12-30(2)13-11-17/h3-5,14-15,17,19-20H,6-13H2,1-2H3,(H,27,28,29). The summed E-state index contributed by atoms with van der Waals surface area (Å²) in [5.74, 6) is 1.62. The van der Waals surface area contributed by atoms with E-state index in [1.54, 1.807) is 11.3 Å². The van der Waals surface area contributed by atoms with Crippen molar-refractivity contribution in [1.29, 1.82) is 0 Å². The summed E-state index contributed by atoms with van der Waals surface area (Å²) in [6.45, 7) is 3.70. The van der Waals surface area contributed by atoms with Crippen molar-refractivity contribution in [3.63, 3.8) is 0 Å². The molecule has 0 amide bonds. The molecule has 9 heteroatoms. The zero-order valence-corrected chi connectivity index (χ0v) is 20.5. The van der Waals surface area contributed by atoms with Gasteiger partial charge in [-0.1, -0.05) is 12.1 Å². The van der Waals surface area contributed by atoms with Gasteiger partial charge >= 0.3 is 5.97 Å². The predicted octanol–water partition coefficient (Wildman–Crippen LogP) is 4.89. The Morgan fingerprint density at radius 3 is 2.59 bits per heavy atom. The lowest BCUT2D eigenvalue weighted by Gasteiger charge is -2.28. The van der Waals surface area contributed by atoms with Gasteiger partial charge in [0.1, 0.15) is 22.4 Å². The number of carbonyl (C=O) groups excluding carboxylic acids is 1. The van der Waals surface area contributed by atoms with Crippen LogP contribution in [-0.4, -0.2) is 58.2 Å². The number of esters is 1. The number of para-hydroxylation sites is 1. The molecule has 0 spiro atoms. The molecule has 1 aliphatic heterocycles. The van der Waals surface area contributed by atoms with E-state index in [1.807, 2.05) is 30.6 Å². The summed E-state index contributed by atoms with van der Waals surface area (Å²) < 4.78 is 11.7. The molecule has 1 saturated carbocycles. The first-order valence-electron chi connectivity index (χ1n) is 12.0. The minimum atomic E-state index is -0.213. The molecule has 5 rings (SSSR count). The monoisotopic (exact) mass is 481 g/mol. The lowest BCUT2D eigenvalue weighted by molar-refractivity contribution is -0.148. The zero-order chi connectivity index (χ0) is 23.5. The SMILES string of the molecule is CC(=O)OC1CCC(Oc2cccc3cnc(Nc4cnc(C5CCN(C)CC5)s4)nc23)CC1. The highest BCUT2D eigenvalue weighted by Crippen LogP contribution is 2.34. The van der Waals surface area contributed by atoms with Gasteiger partial charge in [0.2, 0.25) is 5.95 Å². The van der Waals surface area contributed by atoms with Gasteiger partial charge in [-0.3, -0.25) is 4.79 Å². The lowest BCUT2D eigenvalue weighted by atomic mass is 9.95.